The number of aromatic nitrogens is 1. The number of carbonyl (C=O) groups is 1. The second-order valence-electron chi connectivity index (χ2n) is 7.14. The lowest BCUT2D eigenvalue weighted by Crippen LogP contribution is -2.49. The summed E-state index contributed by atoms with van der Waals surface area (Å²) in [6.07, 6.45) is 0. The van der Waals surface area contributed by atoms with Crippen molar-refractivity contribution in [2.45, 2.75) is 13.1 Å². The molecule has 29 heavy (non-hydrogen) atoms. The maximum absolute atomic E-state index is 12.3. The number of halogens is 2. The van der Waals surface area contributed by atoms with Crippen molar-refractivity contribution < 1.29 is 4.79 Å². The summed E-state index contributed by atoms with van der Waals surface area (Å²) in [6.45, 7) is 5.31. The maximum atomic E-state index is 12.3. The van der Waals surface area contributed by atoms with Crippen LogP contribution in [0.15, 0.2) is 42.5 Å². The Balaban J connectivity index is 1.21. The summed E-state index contributed by atoms with van der Waals surface area (Å²) in [7, 11) is 0. The monoisotopic (exact) mass is 448 g/mol. The molecule has 1 saturated heterocycles. The lowest BCUT2D eigenvalue weighted by Gasteiger charge is -2.33. The smallest absolute Gasteiger partial charge is 0.234 e. The molecular weight excluding hydrogens is 427 g/mol. The molecule has 0 spiro atoms. The van der Waals surface area contributed by atoms with E-state index in [2.05, 4.69) is 33.3 Å². The maximum Gasteiger partial charge on any atom is 0.234 e. The van der Waals surface area contributed by atoms with Crippen LogP contribution in [0.1, 0.15) is 10.6 Å². The zero-order valence-corrected chi connectivity index (χ0v) is 18.2. The van der Waals surface area contributed by atoms with Crippen LogP contribution in [0.5, 0.6) is 0 Å². The Bertz CT molecular complexity index is 968. The molecule has 1 N–H and O–H groups in total. The first-order valence-corrected chi connectivity index (χ1v) is 11.1. The van der Waals surface area contributed by atoms with Crippen LogP contribution in [0, 0.1) is 0 Å². The van der Waals surface area contributed by atoms with Crippen LogP contribution >= 0.6 is 34.5 Å². The molecule has 1 aliphatic rings. The molecule has 1 aliphatic heterocycles. The molecule has 8 heteroatoms. The number of rotatable bonds is 6. The van der Waals surface area contributed by atoms with Crippen molar-refractivity contribution in [1.82, 2.24) is 20.1 Å². The Labute approximate surface area is 184 Å². The number of carbonyl (C=O) groups excluding carboxylic acids is 1. The fraction of sp³-hybridized carbons (Fsp3) is 0.333. The summed E-state index contributed by atoms with van der Waals surface area (Å²) < 4.78 is 1.23. The molecule has 4 rings (SSSR count). The third-order valence-corrected chi connectivity index (χ3v) is 6.63. The number of nitrogens with zero attached hydrogens (tertiary/aromatic N) is 3. The summed E-state index contributed by atoms with van der Waals surface area (Å²) >= 11 is 13.8. The van der Waals surface area contributed by atoms with Crippen LogP contribution in [0.2, 0.25) is 10.0 Å². The second kappa shape index (κ2) is 9.41. The summed E-state index contributed by atoms with van der Waals surface area (Å²) in [5.41, 5.74) is 1.94. The first-order valence-electron chi connectivity index (χ1n) is 9.56. The molecule has 0 atom stereocenters. The standard InChI is InChI=1S/C21H22Cl2N4OS/c22-16-6-5-15(17(23)11-16)12-24-20(28)13-26-7-9-27(10-8-26)14-21-25-18-3-1-2-4-19(18)29-21/h1-6,11H,7-10,12-14H2,(H,24,28). The zero-order chi connectivity index (χ0) is 20.2. The van der Waals surface area contributed by atoms with Gasteiger partial charge in [-0.1, -0.05) is 41.4 Å². The molecule has 1 fully saturated rings. The Kier molecular flexibility index (Phi) is 6.67. The third-order valence-electron chi connectivity index (χ3n) is 5.02. The van der Waals surface area contributed by atoms with Crippen molar-refractivity contribution in [3.8, 4) is 0 Å². The van der Waals surface area contributed by atoms with E-state index >= 15 is 0 Å². The highest BCUT2D eigenvalue weighted by Gasteiger charge is 2.20. The molecule has 5 nitrogen and oxygen atoms in total. The van der Waals surface area contributed by atoms with Crippen LogP contribution in [-0.4, -0.2) is 53.4 Å². The topological polar surface area (TPSA) is 48.5 Å². The minimum atomic E-state index is 0.00985. The molecular formula is C21H22Cl2N4OS. The van der Waals surface area contributed by atoms with E-state index in [1.807, 2.05) is 12.1 Å². The number of thiazole rings is 1. The molecule has 0 bridgehead atoms. The van der Waals surface area contributed by atoms with Crippen molar-refractivity contribution in [2.24, 2.45) is 0 Å². The number of para-hydroxylation sites is 1. The minimum absolute atomic E-state index is 0.00985. The Morgan fingerprint density at radius 3 is 2.59 bits per heavy atom. The third kappa shape index (κ3) is 5.47. The Hall–Kier alpha value is -1.70. The van der Waals surface area contributed by atoms with E-state index in [1.54, 1.807) is 23.5 Å². The van der Waals surface area contributed by atoms with E-state index < -0.39 is 0 Å². The van der Waals surface area contributed by atoms with E-state index in [0.717, 1.165) is 48.8 Å². The summed E-state index contributed by atoms with van der Waals surface area (Å²) in [4.78, 5) is 21.6. The van der Waals surface area contributed by atoms with Crippen molar-refractivity contribution in [3.63, 3.8) is 0 Å². The number of fused-ring (bicyclic) bond motifs is 1. The van der Waals surface area contributed by atoms with Gasteiger partial charge in [-0.3, -0.25) is 14.6 Å². The fourth-order valence-corrected chi connectivity index (χ4v) is 4.89. The van der Waals surface area contributed by atoms with Crippen LogP contribution in [0.3, 0.4) is 0 Å². The highest BCUT2D eigenvalue weighted by molar-refractivity contribution is 7.18. The normalized spacial score (nSPS) is 15.7. The largest absolute Gasteiger partial charge is 0.351 e. The van der Waals surface area contributed by atoms with Gasteiger partial charge in [0, 0.05) is 42.8 Å². The number of amides is 1. The van der Waals surface area contributed by atoms with Crippen molar-refractivity contribution >= 4 is 50.7 Å². The van der Waals surface area contributed by atoms with Gasteiger partial charge in [0.2, 0.25) is 5.91 Å². The number of nitrogens with one attached hydrogen (secondary N) is 1. The van der Waals surface area contributed by atoms with Crippen LogP contribution in [0.25, 0.3) is 10.2 Å². The molecule has 152 valence electrons. The number of piperazine rings is 1. The van der Waals surface area contributed by atoms with E-state index in [-0.39, 0.29) is 5.91 Å². The van der Waals surface area contributed by atoms with Crippen molar-refractivity contribution in [2.75, 3.05) is 32.7 Å². The van der Waals surface area contributed by atoms with Crippen molar-refractivity contribution in [1.29, 1.82) is 0 Å². The van der Waals surface area contributed by atoms with Gasteiger partial charge in [0.15, 0.2) is 0 Å². The highest BCUT2D eigenvalue weighted by atomic mass is 35.5. The summed E-state index contributed by atoms with van der Waals surface area (Å²) in [6, 6.07) is 13.6. The van der Waals surface area contributed by atoms with Gasteiger partial charge < -0.3 is 5.32 Å². The first kappa shape index (κ1) is 20.6. The van der Waals surface area contributed by atoms with Gasteiger partial charge in [0.25, 0.3) is 0 Å². The van der Waals surface area contributed by atoms with Crippen LogP contribution < -0.4 is 5.32 Å². The van der Waals surface area contributed by atoms with Gasteiger partial charge in [0.1, 0.15) is 5.01 Å². The molecule has 0 aliphatic carbocycles. The second-order valence-corrected chi connectivity index (χ2v) is 9.10. The molecule has 0 saturated carbocycles. The number of hydrogen-bond acceptors (Lipinski definition) is 5. The van der Waals surface area contributed by atoms with Crippen molar-refractivity contribution in [3.05, 3.63) is 63.1 Å². The lowest BCUT2D eigenvalue weighted by molar-refractivity contribution is -0.122. The highest BCUT2D eigenvalue weighted by Crippen LogP contribution is 2.23. The van der Waals surface area contributed by atoms with Gasteiger partial charge in [-0.2, -0.15) is 0 Å². The number of hydrogen-bond donors (Lipinski definition) is 1. The van der Waals surface area contributed by atoms with Gasteiger partial charge in [-0.05, 0) is 29.8 Å². The Morgan fingerprint density at radius 2 is 1.83 bits per heavy atom. The molecule has 0 unspecified atom stereocenters. The molecule has 3 aromatic rings. The summed E-state index contributed by atoms with van der Waals surface area (Å²) in [5, 5.41) is 5.25. The molecule has 2 aromatic carbocycles. The molecule has 1 aromatic heterocycles. The van der Waals surface area contributed by atoms with E-state index in [0.29, 0.717) is 23.1 Å². The van der Waals surface area contributed by atoms with Gasteiger partial charge >= 0.3 is 0 Å². The Morgan fingerprint density at radius 1 is 1.07 bits per heavy atom. The number of benzene rings is 2. The average Bonchev–Trinajstić information content (AvgIpc) is 3.11. The predicted octanol–water partition coefficient (Wildman–Crippen LogP) is 4.04. The quantitative estimate of drug-likeness (QED) is 0.617. The minimum Gasteiger partial charge on any atom is -0.351 e. The first-order chi connectivity index (χ1) is 14.1. The summed E-state index contributed by atoms with van der Waals surface area (Å²) in [5.74, 6) is 0.00985. The zero-order valence-electron chi connectivity index (χ0n) is 15.9. The van der Waals surface area contributed by atoms with Gasteiger partial charge in [-0.15, -0.1) is 11.3 Å². The lowest BCUT2D eigenvalue weighted by atomic mass is 10.2. The van der Waals surface area contributed by atoms with Crippen LogP contribution in [-0.2, 0) is 17.9 Å². The predicted molar refractivity (Wildman–Crippen MR) is 120 cm³/mol. The van der Waals surface area contributed by atoms with Crippen LogP contribution in [0.4, 0.5) is 0 Å². The van der Waals surface area contributed by atoms with E-state index in [9.17, 15) is 4.79 Å². The van der Waals surface area contributed by atoms with Gasteiger partial charge in [0.05, 0.1) is 23.3 Å². The van der Waals surface area contributed by atoms with E-state index in [4.69, 9.17) is 28.2 Å². The van der Waals surface area contributed by atoms with E-state index in [1.165, 1.54) is 4.70 Å². The molecule has 0 radical (unpaired) electrons. The molecule has 2 heterocycles. The van der Waals surface area contributed by atoms with Gasteiger partial charge in [-0.25, -0.2) is 4.98 Å². The SMILES string of the molecule is O=C(CN1CCN(Cc2nc3ccccc3s2)CC1)NCc1ccc(Cl)cc1Cl. The fourth-order valence-electron chi connectivity index (χ4n) is 3.40. The molecule has 1 amide bonds. The average molecular weight is 449 g/mol.